The molecule has 0 aliphatic rings. The number of carboxylic acids is 2. The monoisotopic (exact) mass is 380 g/mol. The molecule has 4 nitrogen and oxygen atoms in total. The van der Waals surface area contributed by atoms with Crippen LogP contribution in [0.4, 0.5) is 0 Å². The first-order chi connectivity index (χ1) is 11.6. The molecule has 0 aliphatic heterocycles. The number of carbonyl (C=O) groups is 2. The third-order valence-electron chi connectivity index (χ3n) is 4.37. The average molecular weight is 381 g/mol. The van der Waals surface area contributed by atoms with Crippen LogP contribution in [0.3, 0.4) is 0 Å². The second kappa shape index (κ2) is 20.6. The van der Waals surface area contributed by atoms with Gasteiger partial charge >= 0.3 is 63.3 Å². The number of rotatable bonds is 17. The maximum absolute atomic E-state index is 10.9. The Bertz CT molecular complexity index is 367. The number of hydrogen-bond donors (Lipinski definition) is 2. The number of carboxylic acid groups (broad SMARTS) is 2. The molecule has 5 heteroatoms. The van der Waals surface area contributed by atoms with E-state index in [1.165, 1.54) is 70.6 Å². The Morgan fingerprint density at radius 3 is 1.36 bits per heavy atom. The Kier molecular flexibility index (Phi) is 22.7. The number of aliphatic carboxylic acids is 2. The Balaban J connectivity index is 0. The normalized spacial score (nSPS) is 11.2. The van der Waals surface area contributed by atoms with Gasteiger partial charge in [-0.05, 0) is 12.8 Å². The summed E-state index contributed by atoms with van der Waals surface area (Å²) in [6.07, 6.45) is 18.7. The maximum atomic E-state index is 10.9. The van der Waals surface area contributed by atoms with Crippen LogP contribution < -0.4 is 0 Å². The molecule has 0 aromatic carbocycles. The molecule has 0 saturated heterocycles. The van der Waals surface area contributed by atoms with Crippen molar-refractivity contribution < 1.29 is 19.8 Å². The van der Waals surface area contributed by atoms with Crippen molar-refractivity contribution in [3.63, 3.8) is 0 Å². The molecule has 0 unspecified atom stereocenters. The summed E-state index contributed by atoms with van der Waals surface area (Å²) < 4.78 is 0. The molecule has 0 radical (unpaired) electrons. The van der Waals surface area contributed by atoms with Gasteiger partial charge in [-0.1, -0.05) is 90.4 Å². The van der Waals surface area contributed by atoms with Crippen molar-refractivity contribution in [3.05, 3.63) is 11.6 Å². The first kappa shape index (κ1) is 27.5. The summed E-state index contributed by atoms with van der Waals surface area (Å²) in [4.78, 5) is 21.4. The molecule has 0 aromatic rings. The summed E-state index contributed by atoms with van der Waals surface area (Å²) in [5.74, 6) is -2.30. The van der Waals surface area contributed by atoms with Crippen molar-refractivity contribution in [2.75, 3.05) is 0 Å². The molecule has 142 valence electrons. The summed E-state index contributed by atoms with van der Waals surface area (Å²) in [6, 6.07) is 0. The van der Waals surface area contributed by atoms with Gasteiger partial charge in [0, 0.05) is 11.6 Å². The molecule has 0 rings (SSSR count). The zero-order chi connectivity index (χ0) is 18.0. The zero-order valence-corrected chi connectivity index (χ0v) is 15.4. The fourth-order valence-corrected chi connectivity index (χ4v) is 2.90. The average Bonchev–Trinajstić information content (AvgIpc) is 2.53. The van der Waals surface area contributed by atoms with E-state index in [1.807, 2.05) is 0 Å². The van der Waals surface area contributed by atoms with E-state index in [1.54, 1.807) is 0 Å². The van der Waals surface area contributed by atoms with E-state index in [0.29, 0.717) is 6.42 Å². The van der Waals surface area contributed by atoms with E-state index in [4.69, 9.17) is 10.2 Å². The van der Waals surface area contributed by atoms with E-state index < -0.39 is 11.9 Å². The molecule has 25 heavy (non-hydrogen) atoms. The van der Waals surface area contributed by atoms with Crippen LogP contribution in [0, 0.1) is 0 Å². The van der Waals surface area contributed by atoms with Crippen LogP contribution in [-0.2, 0) is 9.59 Å². The Hall–Kier alpha value is 0.316. The van der Waals surface area contributed by atoms with Gasteiger partial charge in [0.25, 0.3) is 0 Å². The molecule has 0 fully saturated rings. The third kappa shape index (κ3) is 20.5. The van der Waals surface area contributed by atoms with E-state index in [2.05, 4.69) is 6.92 Å². The predicted octanol–water partition coefficient (Wildman–Crippen LogP) is 5.30. The van der Waals surface area contributed by atoms with Crippen LogP contribution in [0.5, 0.6) is 0 Å². The molecule has 0 atom stereocenters. The Morgan fingerprint density at radius 2 is 1.04 bits per heavy atom. The van der Waals surface area contributed by atoms with E-state index in [0.717, 1.165) is 25.3 Å². The minimum absolute atomic E-state index is 0. The number of hydrogen-bond acceptors (Lipinski definition) is 2. The molecule has 0 aliphatic carbocycles. The molecule has 0 bridgehead atoms. The standard InChI is InChI=1S/C20H36O4.K.H/c1-2-3-4-5-6-7-8-9-10-11-12-13-14-15-16-18(20(23)24)17-19(21)22;;/h17H,2-16H2,1H3,(H,21,22)(H,23,24);;/b18-17-;;. The van der Waals surface area contributed by atoms with Gasteiger partial charge in [0.1, 0.15) is 0 Å². The first-order valence-corrected chi connectivity index (χ1v) is 9.74. The summed E-state index contributed by atoms with van der Waals surface area (Å²) in [5.41, 5.74) is 0.00133. The molecular formula is C20H37KO4. The molecule has 0 amide bonds. The quantitative estimate of drug-likeness (QED) is 0.204. The van der Waals surface area contributed by atoms with Crippen LogP contribution in [0.25, 0.3) is 0 Å². The molecule has 0 spiro atoms. The van der Waals surface area contributed by atoms with Crippen molar-refractivity contribution in [3.8, 4) is 0 Å². The van der Waals surface area contributed by atoms with Gasteiger partial charge in [-0.3, -0.25) is 0 Å². The van der Waals surface area contributed by atoms with E-state index in [9.17, 15) is 9.59 Å². The fourth-order valence-electron chi connectivity index (χ4n) is 2.90. The van der Waals surface area contributed by atoms with Crippen LogP contribution in [0.2, 0.25) is 0 Å². The molecule has 0 saturated carbocycles. The topological polar surface area (TPSA) is 74.6 Å². The minimum atomic E-state index is -1.18. The molecule has 2 N–H and O–H groups in total. The van der Waals surface area contributed by atoms with Gasteiger partial charge < -0.3 is 10.2 Å². The molecular weight excluding hydrogens is 343 g/mol. The van der Waals surface area contributed by atoms with Gasteiger partial charge in [-0.25, -0.2) is 9.59 Å². The van der Waals surface area contributed by atoms with Gasteiger partial charge in [0.2, 0.25) is 0 Å². The second-order valence-corrected chi connectivity index (χ2v) is 6.66. The van der Waals surface area contributed by atoms with Gasteiger partial charge in [-0.2, -0.15) is 0 Å². The van der Waals surface area contributed by atoms with E-state index >= 15 is 0 Å². The van der Waals surface area contributed by atoms with Crippen molar-refractivity contribution >= 4 is 63.3 Å². The molecule has 0 heterocycles. The van der Waals surface area contributed by atoms with Crippen LogP contribution >= 0.6 is 0 Å². The SMILES string of the molecule is CCCCCCCCCCCCCCCC/C(=C/C(=O)O)C(=O)O.[KH]. The van der Waals surface area contributed by atoms with Crippen molar-refractivity contribution in [1.82, 2.24) is 0 Å². The zero-order valence-electron chi connectivity index (χ0n) is 15.4. The summed E-state index contributed by atoms with van der Waals surface area (Å²) in [7, 11) is 0. The summed E-state index contributed by atoms with van der Waals surface area (Å²) >= 11 is 0. The van der Waals surface area contributed by atoms with Crippen molar-refractivity contribution in [1.29, 1.82) is 0 Å². The van der Waals surface area contributed by atoms with Gasteiger partial charge in [0.15, 0.2) is 0 Å². The summed E-state index contributed by atoms with van der Waals surface area (Å²) in [6.45, 7) is 2.25. The van der Waals surface area contributed by atoms with Gasteiger partial charge in [0.05, 0.1) is 0 Å². The Labute approximate surface area is 196 Å². The predicted molar refractivity (Wildman–Crippen MR) is 105 cm³/mol. The third-order valence-corrected chi connectivity index (χ3v) is 4.37. The van der Waals surface area contributed by atoms with Crippen LogP contribution in [0.15, 0.2) is 11.6 Å². The summed E-state index contributed by atoms with van der Waals surface area (Å²) in [5, 5.41) is 17.5. The van der Waals surface area contributed by atoms with Crippen LogP contribution in [0.1, 0.15) is 103 Å². The fraction of sp³-hybridized carbons (Fsp3) is 0.800. The van der Waals surface area contributed by atoms with Crippen molar-refractivity contribution in [2.45, 2.75) is 103 Å². The second-order valence-electron chi connectivity index (χ2n) is 6.66. The number of unbranched alkanes of at least 4 members (excludes halogenated alkanes) is 13. The van der Waals surface area contributed by atoms with Gasteiger partial charge in [-0.15, -0.1) is 0 Å². The molecule has 0 aromatic heterocycles. The Morgan fingerprint density at radius 1 is 0.680 bits per heavy atom. The van der Waals surface area contributed by atoms with E-state index in [-0.39, 0.29) is 57.0 Å². The van der Waals surface area contributed by atoms with Crippen molar-refractivity contribution in [2.24, 2.45) is 0 Å². The first-order valence-electron chi connectivity index (χ1n) is 9.74. The van der Waals surface area contributed by atoms with Crippen LogP contribution in [-0.4, -0.2) is 73.5 Å².